The molecule has 0 atom stereocenters. The molecular formula is C21H24N4O2S. The first-order chi connectivity index (χ1) is 13.6. The average molecular weight is 397 g/mol. The normalized spacial score (nSPS) is 15.0. The third kappa shape index (κ3) is 3.86. The number of thiophene rings is 1. The van der Waals surface area contributed by atoms with Crippen molar-refractivity contribution >= 4 is 27.5 Å². The Bertz CT molecular complexity index is 1030. The lowest BCUT2D eigenvalue weighted by molar-refractivity contribution is -0.131. The molecule has 0 radical (unpaired) electrons. The summed E-state index contributed by atoms with van der Waals surface area (Å²) in [5.41, 5.74) is 3.03. The van der Waals surface area contributed by atoms with Crippen LogP contribution in [0.5, 0.6) is 0 Å². The maximum absolute atomic E-state index is 13.1. The van der Waals surface area contributed by atoms with Crippen LogP contribution in [0.4, 0.5) is 0 Å². The summed E-state index contributed by atoms with van der Waals surface area (Å²) in [7, 11) is 0. The Morgan fingerprint density at radius 2 is 2.04 bits per heavy atom. The topological polar surface area (TPSA) is 67.2 Å². The van der Waals surface area contributed by atoms with E-state index in [1.165, 1.54) is 16.9 Å². The van der Waals surface area contributed by atoms with Crippen LogP contribution in [0.15, 0.2) is 40.8 Å². The van der Waals surface area contributed by atoms with Crippen LogP contribution < -0.4 is 10.9 Å². The van der Waals surface area contributed by atoms with Crippen molar-refractivity contribution in [2.45, 2.75) is 26.3 Å². The zero-order valence-electron chi connectivity index (χ0n) is 16.0. The first-order valence-electron chi connectivity index (χ1n) is 9.65. The van der Waals surface area contributed by atoms with Crippen LogP contribution in [0, 0.1) is 6.92 Å². The second-order valence-corrected chi connectivity index (χ2v) is 8.03. The molecule has 1 aliphatic rings. The van der Waals surface area contributed by atoms with E-state index in [2.05, 4.69) is 10.3 Å². The fraction of sp³-hybridized carbons (Fsp3) is 0.381. The lowest BCUT2D eigenvalue weighted by Crippen LogP contribution is -2.35. The molecule has 4 rings (SSSR count). The molecule has 3 aromatic rings. The van der Waals surface area contributed by atoms with E-state index in [1.807, 2.05) is 41.5 Å². The van der Waals surface area contributed by atoms with Gasteiger partial charge in [0.05, 0.1) is 11.7 Å². The summed E-state index contributed by atoms with van der Waals surface area (Å²) >= 11 is 1.48. The van der Waals surface area contributed by atoms with Gasteiger partial charge >= 0.3 is 0 Å². The lowest BCUT2D eigenvalue weighted by Gasteiger charge is -2.20. The fourth-order valence-electron chi connectivity index (χ4n) is 3.54. The van der Waals surface area contributed by atoms with E-state index in [0.717, 1.165) is 48.6 Å². The van der Waals surface area contributed by atoms with Gasteiger partial charge in [-0.1, -0.05) is 29.8 Å². The number of nitrogens with one attached hydrogen (secondary N) is 1. The third-order valence-corrected chi connectivity index (χ3v) is 6.07. The number of nitrogens with zero attached hydrogens (tertiary/aromatic N) is 3. The number of aryl methyl sites for hydroxylation is 2. The van der Waals surface area contributed by atoms with Crippen LogP contribution in [-0.2, 0) is 11.3 Å². The van der Waals surface area contributed by atoms with Gasteiger partial charge < -0.3 is 10.2 Å². The Morgan fingerprint density at radius 3 is 2.86 bits per heavy atom. The highest BCUT2D eigenvalue weighted by Crippen LogP contribution is 2.30. The Labute approximate surface area is 167 Å². The van der Waals surface area contributed by atoms with Gasteiger partial charge in [-0.3, -0.25) is 14.2 Å². The van der Waals surface area contributed by atoms with Crippen molar-refractivity contribution in [3.63, 3.8) is 0 Å². The molecule has 1 aromatic carbocycles. The minimum atomic E-state index is -0.0767. The lowest BCUT2D eigenvalue weighted by atomic mass is 10.1. The van der Waals surface area contributed by atoms with Gasteiger partial charge in [-0.15, -0.1) is 11.3 Å². The molecule has 7 heteroatoms. The predicted octanol–water partition coefficient (Wildman–Crippen LogP) is 2.65. The minimum Gasteiger partial charge on any atom is -0.341 e. The summed E-state index contributed by atoms with van der Waals surface area (Å²) in [4.78, 5) is 32.7. The van der Waals surface area contributed by atoms with Gasteiger partial charge in [0.1, 0.15) is 4.83 Å². The molecule has 1 saturated heterocycles. The summed E-state index contributed by atoms with van der Waals surface area (Å²) in [5, 5.41) is 5.93. The molecule has 6 nitrogen and oxygen atoms in total. The van der Waals surface area contributed by atoms with Crippen molar-refractivity contribution < 1.29 is 4.79 Å². The van der Waals surface area contributed by atoms with E-state index < -0.39 is 0 Å². The maximum Gasteiger partial charge on any atom is 0.262 e. The highest BCUT2D eigenvalue weighted by atomic mass is 32.1. The number of amides is 1. The average Bonchev–Trinajstić information content (AvgIpc) is 2.95. The largest absolute Gasteiger partial charge is 0.341 e. The van der Waals surface area contributed by atoms with Crippen LogP contribution in [0.25, 0.3) is 21.3 Å². The van der Waals surface area contributed by atoms with E-state index in [-0.39, 0.29) is 11.5 Å². The Hall–Kier alpha value is -2.51. The second kappa shape index (κ2) is 8.24. The number of fused-ring (bicyclic) bond motifs is 1. The van der Waals surface area contributed by atoms with Gasteiger partial charge in [0.15, 0.2) is 0 Å². The van der Waals surface area contributed by atoms with Crippen LogP contribution >= 0.6 is 11.3 Å². The molecule has 0 aliphatic carbocycles. The van der Waals surface area contributed by atoms with Crippen molar-refractivity contribution in [1.82, 2.24) is 19.8 Å². The number of hydrogen-bond acceptors (Lipinski definition) is 5. The number of benzene rings is 1. The van der Waals surface area contributed by atoms with Crippen molar-refractivity contribution in [2.75, 3.05) is 26.2 Å². The number of rotatable bonds is 4. The van der Waals surface area contributed by atoms with Crippen LogP contribution in [0.2, 0.25) is 0 Å². The molecule has 0 spiro atoms. The summed E-state index contributed by atoms with van der Waals surface area (Å²) < 4.78 is 1.57. The molecule has 0 unspecified atom stereocenters. The van der Waals surface area contributed by atoms with Gasteiger partial charge in [-0.05, 0) is 25.5 Å². The summed E-state index contributed by atoms with van der Waals surface area (Å²) in [6.45, 7) is 5.68. The first kappa shape index (κ1) is 18.8. The number of carbonyl (C=O) groups excluding carboxylic acids is 1. The summed E-state index contributed by atoms with van der Waals surface area (Å²) in [6, 6.07) is 8.15. The van der Waals surface area contributed by atoms with Gasteiger partial charge in [-0.25, -0.2) is 4.98 Å². The molecular weight excluding hydrogens is 372 g/mol. The molecule has 2 aromatic heterocycles. The van der Waals surface area contributed by atoms with Crippen LogP contribution in [0.1, 0.15) is 18.4 Å². The molecule has 1 amide bonds. The SMILES string of the molecule is Cc1ccc(-c2csc3ncn(CCC(=O)N4CCCNCC4)c(=O)c23)cc1. The summed E-state index contributed by atoms with van der Waals surface area (Å²) in [6.07, 6.45) is 2.85. The van der Waals surface area contributed by atoms with Crippen molar-refractivity contribution in [1.29, 1.82) is 0 Å². The Balaban J connectivity index is 1.57. The van der Waals surface area contributed by atoms with Crippen molar-refractivity contribution in [3.05, 3.63) is 51.9 Å². The molecule has 0 bridgehead atoms. The van der Waals surface area contributed by atoms with Gasteiger partial charge in [0.2, 0.25) is 5.91 Å². The molecule has 1 fully saturated rings. The highest BCUT2D eigenvalue weighted by Gasteiger charge is 2.17. The molecule has 1 aliphatic heterocycles. The molecule has 0 saturated carbocycles. The third-order valence-electron chi connectivity index (χ3n) is 5.18. The van der Waals surface area contributed by atoms with E-state index in [0.29, 0.717) is 18.4 Å². The molecule has 3 heterocycles. The number of carbonyl (C=O) groups is 1. The highest BCUT2D eigenvalue weighted by molar-refractivity contribution is 7.17. The smallest absolute Gasteiger partial charge is 0.262 e. The molecule has 28 heavy (non-hydrogen) atoms. The molecule has 1 N–H and O–H groups in total. The van der Waals surface area contributed by atoms with Crippen molar-refractivity contribution in [2.24, 2.45) is 0 Å². The monoisotopic (exact) mass is 396 g/mol. The van der Waals surface area contributed by atoms with E-state index in [1.54, 1.807) is 10.9 Å². The zero-order valence-corrected chi connectivity index (χ0v) is 16.8. The quantitative estimate of drug-likeness (QED) is 0.736. The molecule has 146 valence electrons. The van der Waals surface area contributed by atoms with Crippen LogP contribution in [0.3, 0.4) is 0 Å². The van der Waals surface area contributed by atoms with Gasteiger partial charge in [0, 0.05) is 43.5 Å². The second-order valence-electron chi connectivity index (χ2n) is 7.17. The number of aromatic nitrogens is 2. The number of hydrogen-bond donors (Lipinski definition) is 1. The summed E-state index contributed by atoms with van der Waals surface area (Å²) in [5.74, 6) is 0.0970. The van der Waals surface area contributed by atoms with Gasteiger partial charge in [-0.2, -0.15) is 0 Å². The standard InChI is InChI=1S/C21H24N4O2S/c1-15-3-5-16(6-4-15)17-13-28-20-19(17)21(27)25(14-23-20)11-7-18(26)24-10-2-8-22-9-12-24/h3-6,13-14,22H,2,7-12H2,1H3. The van der Waals surface area contributed by atoms with E-state index >= 15 is 0 Å². The Kier molecular flexibility index (Phi) is 5.54. The zero-order chi connectivity index (χ0) is 19.5. The predicted molar refractivity (Wildman–Crippen MR) is 113 cm³/mol. The van der Waals surface area contributed by atoms with Crippen molar-refractivity contribution in [3.8, 4) is 11.1 Å². The minimum absolute atomic E-state index is 0.0767. The maximum atomic E-state index is 13.1. The fourth-order valence-corrected chi connectivity index (χ4v) is 4.45. The van der Waals surface area contributed by atoms with E-state index in [4.69, 9.17) is 0 Å². The van der Waals surface area contributed by atoms with Gasteiger partial charge in [0.25, 0.3) is 5.56 Å². The first-order valence-corrected chi connectivity index (χ1v) is 10.5. The van der Waals surface area contributed by atoms with Crippen LogP contribution in [-0.4, -0.2) is 46.5 Å². The van der Waals surface area contributed by atoms with E-state index in [9.17, 15) is 9.59 Å². The Morgan fingerprint density at radius 1 is 1.21 bits per heavy atom.